The first-order valence-electron chi connectivity index (χ1n) is 11.9. The summed E-state index contributed by atoms with van der Waals surface area (Å²) < 4.78 is 1.65. The molecule has 4 N–H and O–H groups in total. The van der Waals surface area contributed by atoms with Crippen molar-refractivity contribution < 1.29 is 9.59 Å². The molecule has 1 fully saturated rings. The van der Waals surface area contributed by atoms with E-state index in [0.717, 1.165) is 28.5 Å². The third-order valence-electron chi connectivity index (χ3n) is 6.39. The average Bonchev–Trinajstić information content (AvgIpc) is 3.21. The molecule has 34 heavy (non-hydrogen) atoms. The number of benzene rings is 2. The number of fused-ring (bicyclic) bond motifs is 1. The normalized spacial score (nSPS) is 20.7. The standard InChI is InChI=1S/C26H34N6O2/c1-6-19-16(2)28-24(30-23(19)33)32-22(14-21(31-32)26(3,4)5)29-25(34)27-15-18-12-9-11-17-10-7-8-13-20(17)18/h7-14,16,19,24,28H,6,15H2,1-5H3,(H,30,33)(H2,27,29,34). The van der Waals surface area contributed by atoms with Crippen LogP contribution < -0.4 is 21.3 Å². The molecular formula is C26H34N6O2. The van der Waals surface area contributed by atoms with Gasteiger partial charge >= 0.3 is 6.03 Å². The van der Waals surface area contributed by atoms with Crippen LogP contribution in [0.2, 0.25) is 0 Å². The van der Waals surface area contributed by atoms with Crippen molar-refractivity contribution in [1.29, 1.82) is 0 Å². The number of amides is 3. The van der Waals surface area contributed by atoms with Crippen LogP contribution in [-0.4, -0.2) is 27.8 Å². The summed E-state index contributed by atoms with van der Waals surface area (Å²) in [6, 6.07) is 15.7. The topological polar surface area (TPSA) is 100 Å². The second kappa shape index (κ2) is 9.46. The largest absolute Gasteiger partial charge is 0.334 e. The molecule has 2 heterocycles. The lowest BCUT2D eigenvalue weighted by Gasteiger charge is -2.35. The number of nitrogens with one attached hydrogen (secondary N) is 4. The molecule has 0 bridgehead atoms. The van der Waals surface area contributed by atoms with Gasteiger partial charge in [-0.2, -0.15) is 5.10 Å². The Labute approximate surface area is 200 Å². The molecule has 8 heteroatoms. The molecule has 0 radical (unpaired) electrons. The molecule has 1 aromatic heterocycles. The summed E-state index contributed by atoms with van der Waals surface area (Å²) in [7, 11) is 0. The van der Waals surface area contributed by atoms with E-state index < -0.39 is 6.29 Å². The molecule has 1 aliphatic heterocycles. The van der Waals surface area contributed by atoms with E-state index >= 15 is 0 Å². The maximum absolute atomic E-state index is 12.9. The van der Waals surface area contributed by atoms with Gasteiger partial charge in [-0.15, -0.1) is 0 Å². The minimum Gasteiger partial charge on any atom is -0.334 e. The van der Waals surface area contributed by atoms with E-state index in [-0.39, 0.29) is 29.3 Å². The first-order chi connectivity index (χ1) is 16.2. The van der Waals surface area contributed by atoms with Gasteiger partial charge in [0.2, 0.25) is 5.91 Å². The second-order valence-electron chi connectivity index (χ2n) is 9.94. The summed E-state index contributed by atoms with van der Waals surface area (Å²) in [6.45, 7) is 10.6. The van der Waals surface area contributed by atoms with Gasteiger partial charge in [-0.1, -0.05) is 70.2 Å². The summed E-state index contributed by atoms with van der Waals surface area (Å²) in [5.74, 6) is 0.396. The average molecular weight is 463 g/mol. The van der Waals surface area contributed by atoms with E-state index in [1.165, 1.54) is 0 Å². The van der Waals surface area contributed by atoms with Crippen LogP contribution in [0.15, 0.2) is 48.5 Å². The van der Waals surface area contributed by atoms with Gasteiger partial charge in [0.1, 0.15) is 5.82 Å². The SMILES string of the molecule is CCC1C(=O)NC(n2nc(C(C)(C)C)cc2NC(=O)NCc2cccc3ccccc23)NC1C. The van der Waals surface area contributed by atoms with E-state index in [1.807, 2.05) is 44.2 Å². The highest BCUT2D eigenvalue weighted by Crippen LogP contribution is 2.27. The van der Waals surface area contributed by atoms with Crippen molar-refractivity contribution in [3.63, 3.8) is 0 Å². The number of anilines is 1. The van der Waals surface area contributed by atoms with Crippen molar-refractivity contribution in [3.05, 3.63) is 59.8 Å². The van der Waals surface area contributed by atoms with Crippen molar-refractivity contribution in [3.8, 4) is 0 Å². The molecule has 0 saturated carbocycles. The molecule has 1 aliphatic rings. The van der Waals surface area contributed by atoms with Crippen LogP contribution in [0.3, 0.4) is 0 Å². The monoisotopic (exact) mass is 462 g/mol. The van der Waals surface area contributed by atoms with Crippen molar-refractivity contribution >= 4 is 28.5 Å². The van der Waals surface area contributed by atoms with E-state index in [2.05, 4.69) is 60.2 Å². The highest BCUT2D eigenvalue weighted by Gasteiger charge is 2.35. The summed E-state index contributed by atoms with van der Waals surface area (Å²) in [5.41, 5.74) is 1.63. The molecule has 180 valence electrons. The fourth-order valence-electron chi connectivity index (χ4n) is 4.38. The summed E-state index contributed by atoms with van der Waals surface area (Å²) in [6.07, 6.45) is 0.204. The third-order valence-corrected chi connectivity index (χ3v) is 6.39. The minimum atomic E-state index is -0.547. The van der Waals surface area contributed by atoms with Gasteiger partial charge in [-0.25, -0.2) is 9.48 Å². The zero-order valence-electron chi connectivity index (χ0n) is 20.5. The zero-order chi connectivity index (χ0) is 24.5. The fraction of sp³-hybridized carbons (Fsp3) is 0.423. The number of carbonyl (C=O) groups is 2. The number of hydrogen-bond acceptors (Lipinski definition) is 4. The first kappa shape index (κ1) is 23.8. The Hall–Kier alpha value is -3.39. The molecule has 3 atom stereocenters. The predicted molar refractivity (Wildman–Crippen MR) is 134 cm³/mol. The number of urea groups is 1. The van der Waals surface area contributed by atoms with Crippen molar-refractivity contribution in [2.24, 2.45) is 5.92 Å². The van der Waals surface area contributed by atoms with Gasteiger partial charge in [0.05, 0.1) is 11.6 Å². The lowest BCUT2D eigenvalue weighted by atomic mass is 9.92. The Kier molecular flexibility index (Phi) is 6.61. The van der Waals surface area contributed by atoms with Crippen LogP contribution in [-0.2, 0) is 16.8 Å². The molecule has 0 aliphatic carbocycles. The van der Waals surface area contributed by atoms with Crippen molar-refractivity contribution in [2.75, 3.05) is 5.32 Å². The molecule has 3 aromatic rings. The Morgan fingerprint density at radius 2 is 1.88 bits per heavy atom. The highest BCUT2D eigenvalue weighted by molar-refractivity contribution is 5.90. The van der Waals surface area contributed by atoms with Gasteiger partial charge in [0.15, 0.2) is 6.29 Å². The minimum absolute atomic E-state index is 0.0147. The smallest absolute Gasteiger partial charge is 0.320 e. The number of aromatic nitrogens is 2. The van der Waals surface area contributed by atoms with Crippen LogP contribution >= 0.6 is 0 Å². The molecule has 0 spiro atoms. The van der Waals surface area contributed by atoms with Crippen LogP contribution in [0.25, 0.3) is 10.8 Å². The molecule has 3 unspecified atom stereocenters. The lowest BCUT2D eigenvalue weighted by molar-refractivity contribution is -0.130. The van der Waals surface area contributed by atoms with E-state index in [1.54, 1.807) is 4.68 Å². The van der Waals surface area contributed by atoms with Gasteiger partial charge < -0.3 is 10.6 Å². The Morgan fingerprint density at radius 1 is 1.15 bits per heavy atom. The van der Waals surface area contributed by atoms with E-state index in [4.69, 9.17) is 5.10 Å². The Morgan fingerprint density at radius 3 is 2.59 bits per heavy atom. The fourth-order valence-corrected chi connectivity index (χ4v) is 4.38. The summed E-state index contributed by atoms with van der Waals surface area (Å²) in [5, 5.41) is 19.3. The van der Waals surface area contributed by atoms with E-state index in [9.17, 15) is 9.59 Å². The molecule has 3 amide bonds. The molecule has 2 aromatic carbocycles. The van der Waals surface area contributed by atoms with Crippen molar-refractivity contribution in [2.45, 2.75) is 65.3 Å². The maximum Gasteiger partial charge on any atom is 0.320 e. The predicted octanol–water partition coefficient (Wildman–Crippen LogP) is 4.25. The van der Waals surface area contributed by atoms with Crippen LogP contribution in [0.4, 0.5) is 10.6 Å². The number of nitrogens with zero attached hydrogens (tertiary/aromatic N) is 2. The van der Waals surface area contributed by atoms with Crippen molar-refractivity contribution in [1.82, 2.24) is 25.7 Å². The Bertz CT molecular complexity index is 1190. The molecule has 1 saturated heterocycles. The van der Waals surface area contributed by atoms with E-state index in [0.29, 0.717) is 12.4 Å². The lowest BCUT2D eigenvalue weighted by Crippen LogP contribution is -2.57. The summed E-state index contributed by atoms with van der Waals surface area (Å²) in [4.78, 5) is 25.5. The molecule has 8 nitrogen and oxygen atoms in total. The van der Waals surface area contributed by atoms with Gasteiger partial charge in [-0.05, 0) is 29.7 Å². The number of hydrogen-bond donors (Lipinski definition) is 4. The zero-order valence-corrected chi connectivity index (χ0v) is 20.5. The van der Waals surface area contributed by atoms with Gasteiger partial charge in [0, 0.05) is 24.1 Å². The molecular weight excluding hydrogens is 428 g/mol. The second-order valence-corrected chi connectivity index (χ2v) is 9.94. The number of carbonyl (C=O) groups excluding carboxylic acids is 2. The first-order valence-corrected chi connectivity index (χ1v) is 11.9. The van der Waals surface area contributed by atoms with Crippen LogP contribution in [0, 0.1) is 5.92 Å². The maximum atomic E-state index is 12.9. The van der Waals surface area contributed by atoms with Crippen LogP contribution in [0.1, 0.15) is 58.6 Å². The Balaban J connectivity index is 1.53. The summed E-state index contributed by atoms with van der Waals surface area (Å²) >= 11 is 0. The third kappa shape index (κ3) is 4.92. The van der Waals surface area contributed by atoms with Crippen LogP contribution in [0.5, 0.6) is 0 Å². The highest BCUT2D eigenvalue weighted by atomic mass is 16.2. The quantitative estimate of drug-likeness (QED) is 0.456. The van der Waals surface area contributed by atoms with Gasteiger partial charge in [0.25, 0.3) is 0 Å². The van der Waals surface area contributed by atoms with Gasteiger partial charge in [-0.3, -0.25) is 15.4 Å². The number of rotatable bonds is 5. The molecule has 4 rings (SSSR count).